The summed E-state index contributed by atoms with van der Waals surface area (Å²) in [6.07, 6.45) is 3.88. The third-order valence-corrected chi connectivity index (χ3v) is 3.80. The van der Waals surface area contributed by atoms with Gasteiger partial charge >= 0.3 is 0 Å². The number of nitrogens with zero attached hydrogens (tertiary/aromatic N) is 3. The first kappa shape index (κ1) is 14.5. The molecule has 1 aromatic carbocycles. The van der Waals surface area contributed by atoms with Crippen LogP contribution in [0.1, 0.15) is 22.5 Å². The summed E-state index contributed by atoms with van der Waals surface area (Å²) in [5, 5.41) is 2.99. The van der Waals surface area contributed by atoms with Gasteiger partial charge in [-0.25, -0.2) is 9.97 Å². The van der Waals surface area contributed by atoms with Crippen LogP contribution in [0.2, 0.25) is 0 Å². The number of nitrogen functional groups attached to an aromatic ring is 1. The number of aromatic nitrogens is 2. The molecule has 0 bridgehead atoms. The van der Waals surface area contributed by atoms with E-state index < -0.39 is 0 Å². The van der Waals surface area contributed by atoms with Gasteiger partial charge in [-0.15, -0.1) is 0 Å². The highest BCUT2D eigenvalue weighted by Gasteiger charge is 2.25. The number of likely N-dealkylation sites (tertiary alicyclic amines) is 1. The standard InChI is InChI=1S/C16H19N5O/c17-15-14(18-7-8-19-15)16(22)20-13-6-9-21(11-13)10-12-4-2-1-3-5-12/h1-5,7-8,13H,6,9-11H2,(H2,17,19)(H,20,22)/t13-/m0/s1. The molecule has 1 fully saturated rings. The number of anilines is 1. The van der Waals surface area contributed by atoms with Crippen molar-refractivity contribution in [2.45, 2.75) is 19.0 Å². The van der Waals surface area contributed by atoms with Crippen molar-refractivity contribution >= 4 is 11.7 Å². The molecule has 0 spiro atoms. The van der Waals surface area contributed by atoms with Crippen molar-refractivity contribution < 1.29 is 4.79 Å². The summed E-state index contributed by atoms with van der Waals surface area (Å²) in [4.78, 5) is 22.4. The van der Waals surface area contributed by atoms with Gasteiger partial charge in [0.15, 0.2) is 11.5 Å². The molecule has 0 aliphatic carbocycles. The van der Waals surface area contributed by atoms with Crippen molar-refractivity contribution in [3.05, 3.63) is 54.0 Å². The summed E-state index contributed by atoms with van der Waals surface area (Å²) in [5.41, 5.74) is 7.16. The maximum absolute atomic E-state index is 12.2. The SMILES string of the molecule is Nc1nccnc1C(=O)N[C@H]1CCN(Cc2ccccc2)C1. The molecule has 1 aliphatic rings. The number of rotatable bonds is 4. The molecule has 2 heterocycles. The van der Waals surface area contributed by atoms with E-state index in [1.54, 1.807) is 0 Å². The van der Waals surface area contributed by atoms with Gasteiger partial charge in [-0.05, 0) is 12.0 Å². The van der Waals surface area contributed by atoms with Crippen LogP contribution < -0.4 is 11.1 Å². The Morgan fingerprint density at radius 1 is 1.27 bits per heavy atom. The molecule has 1 amide bonds. The molecule has 1 atom stereocenters. The number of nitrogens with one attached hydrogen (secondary N) is 1. The number of hydrogen-bond acceptors (Lipinski definition) is 5. The Morgan fingerprint density at radius 2 is 2.05 bits per heavy atom. The summed E-state index contributed by atoms with van der Waals surface area (Å²) >= 11 is 0. The second-order valence-electron chi connectivity index (χ2n) is 5.47. The van der Waals surface area contributed by atoms with E-state index in [1.165, 1.54) is 18.0 Å². The molecule has 22 heavy (non-hydrogen) atoms. The highest BCUT2D eigenvalue weighted by molar-refractivity contribution is 5.96. The fourth-order valence-electron chi connectivity index (χ4n) is 2.71. The Labute approximate surface area is 129 Å². The van der Waals surface area contributed by atoms with Gasteiger partial charge < -0.3 is 11.1 Å². The van der Waals surface area contributed by atoms with Gasteiger partial charge in [0.1, 0.15) is 0 Å². The Balaban J connectivity index is 1.55. The van der Waals surface area contributed by atoms with Gasteiger partial charge in [0, 0.05) is 38.1 Å². The molecule has 0 radical (unpaired) electrons. The molecular weight excluding hydrogens is 278 g/mol. The quantitative estimate of drug-likeness (QED) is 0.881. The molecule has 0 unspecified atom stereocenters. The van der Waals surface area contributed by atoms with E-state index in [9.17, 15) is 4.79 Å². The Kier molecular flexibility index (Phi) is 4.29. The summed E-state index contributed by atoms with van der Waals surface area (Å²) in [6, 6.07) is 10.5. The van der Waals surface area contributed by atoms with E-state index >= 15 is 0 Å². The lowest BCUT2D eigenvalue weighted by atomic mass is 10.2. The minimum atomic E-state index is -0.253. The number of hydrogen-bond donors (Lipinski definition) is 2. The average molecular weight is 297 g/mol. The lowest BCUT2D eigenvalue weighted by molar-refractivity contribution is 0.0933. The molecule has 1 saturated heterocycles. The maximum Gasteiger partial charge on any atom is 0.273 e. The fourth-order valence-corrected chi connectivity index (χ4v) is 2.71. The largest absolute Gasteiger partial charge is 0.382 e. The first-order valence-corrected chi connectivity index (χ1v) is 7.36. The van der Waals surface area contributed by atoms with E-state index in [2.05, 4.69) is 32.3 Å². The van der Waals surface area contributed by atoms with Crippen LogP contribution in [0.25, 0.3) is 0 Å². The highest BCUT2D eigenvalue weighted by Crippen LogP contribution is 2.14. The van der Waals surface area contributed by atoms with Crippen molar-refractivity contribution in [2.24, 2.45) is 0 Å². The van der Waals surface area contributed by atoms with Crippen LogP contribution in [0.15, 0.2) is 42.7 Å². The molecule has 3 N–H and O–H groups in total. The van der Waals surface area contributed by atoms with Crippen molar-refractivity contribution in [2.75, 3.05) is 18.8 Å². The number of carbonyl (C=O) groups is 1. The van der Waals surface area contributed by atoms with Crippen molar-refractivity contribution in [1.82, 2.24) is 20.2 Å². The second kappa shape index (κ2) is 6.53. The van der Waals surface area contributed by atoms with Crippen LogP contribution >= 0.6 is 0 Å². The lowest BCUT2D eigenvalue weighted by Gasteiger charge is -2.16. The monoisotopic (exact) mass is 297 g/mol. The van der Waals surface area contributed by atoms with Crippen LogP contribution in [0, 0.1) is 0 Å². The van der Waals surface area contributed by atoms with E-state index in [0.717, 1.165) is 26.1 Å². The molecular formula is C16H19N5O. The van der Waals surface area contributed by atoms with Gasteiger partial charge in [0.2, 0.25) is 0 Å². The molecule has 1 aliphatic heterocycles. The third kappa shape index (κ3) is 3.40. The zero-order valence-corrected chi connectivity index (χ0v) is 12.3. The number of amides is 1. The number of nitrogens with two attached hydrogens (primary N) is 1. The minimum absolute atomic E-state index is 0.123. The Morgan fingerprint density at radius 3 is 2.82 bits per heavy atom. The molecule has 1 aromatic heterocycles. The summed E-state index contributed by atoms with van der Waals surface area (Å²) in [7, 11) is 0. The maximum atomic E-state index is 12.2. The zero-order chi connectivity index (χ0) is 15.4. The lowest BCUT2D eigenvalue weighted by Crippen LogP contribution is -2.37. The van der Waals surface area contributed by atoms with Gasteiger partial charge in [0.05, 0.1) is 0 Å². The Hall–Kier alpha value is -2.47. The molecule has 6 heteroatoms. The number of benzene rings is 1. The van der Waals surface area contributed by atoms with Crippen LogP contribution in [0.5, 0.6) is 0 Å². The van der Waals surface area contributed by atoms with Gasteiger partial charge in [0.25, 0.3) is 5.91 Å². The second-order valence-corrected chi connectivity index (χ2v) is 5.47. The first-order valence-electron chi connectivity index (χ1n) is 7.36. The summed E-state index contributed by atoms with van der Waals surface area (Å²) in [6.45, 7) is 2.71. The third-order valence-electron chi connectivity index (χ3n) is 3.80. The smallest absolute Gasteiger partial charge is 0.273 e. The van der Waals surface area contributed by atoms with Gasteiger partial charge in [-0.1, -0.05) is 30.3 Å². The van der Waals surface area contributed by atoms with Crippen molar-refractivity contribution in [1.29, 1.82) is 0 Å². The summed E-state index contributed by atoms with van der Waals surface area (Å²) in [5.74, 6) is -0.0868. The number of carbonyl (C=O) groups excluding carboxylic acids is 1. The average Bonchev–Trinajstić information content (AvgIpc) is 2.95. The van der Waals surface area contributed by atoms with Crippen molar-refractivity contribution in [3.63, 3.8) is 0 Å². The van der Waals surface area contributed by atoms with Crippen LogP contribution in [-0.4, -0.2) is 39.9 Å². The highest BCUT2D eigenvalue weighted by atomic mass is 16.2. The van der Waals surface area contributed by atoms with Gasteiger partial charge in [-0.3, -0.25) is 9.69 Å². The molecule has 114 valence electrons. The zero-order valence-electron chi connectivity index (χ0n) is 12.3. The van der Waals surface area contributed by atoms with E-state index in [1.807, 2.05) is 18.2 Å². The fraction of sp³-hybridized carbons (Fsp3) is 0.312. The topological polar surface area (TPSA) is 84.1 Å². The first-order chi connectivity index (χ1) is 10.7. The molecule has 0 saturated carbocycles. The van der Waals surface area contributed by atoms with Crippen LogP contribution in [-0.2, 0) is 6.54 Å². The van der Waals surface area contributed by atoms with Crippen LogP contribution in [0.3, 0.4) is 0 Å². The predicted octanol–water partition coefficient (Wildman–Crippen LogP) is 1.06. The normalized spacial score (nSPS) is 18.3. The predicted molar refractivity (Wildman–Crippen MR) is 84.0 cm³/mol. The van der Waals surface area contributed by atoms with Gasteiger partial charge in [-0.2, -0.15) is 0 Å². The Bertz CT molecular complexity index is 646. The molecule has 2 aromatic rings. The van der Waals surface area contributed by atoms with E-state index in [0.29, 0.717) is 0 Å². The molecule has 3 rings (SSSR count). The van der Waals surface area contributed by atoms with E-state index in [4.69, 9.17) is 5.73 Å². The molecule has 6 nitrogen and oxygen atoms in total. The summed E-state index contributed by atoms with van der Waals surface area (Å²) < 4.78 is 0. The van der Waals surface area contributed by atoms with Crippen LogP contribution in [0.4, 0.5) is 5.82 Å². The van der Waals surface area contributed by atoms with Crippen molar-refractivity contribution in [3.8, 4) is 0 Å². The van der Waals surface area contributed by atoms with E-state index in [-0.39, 0.29) is 23.5 Å². The minimum Gasteiger partial charge on any atom is -0.382 e.